The van der Waals surface area contributed by atoms with E-state index in [0.29, 0.717) is 5.56 Å². The molecular formula is C17H14F3NO2. The molecule has 0 aliphatic rings. The lowest BCUT2D eigenvalue weighted by Crippen LogP contribution is -2.26. The normalized spacial score (nSPS) is 12.2. The number of carbonyl (C=O) groups is 1. The molecule has 2 aromatic rings. The van der Waals surface area contributed by atoms with Crippen LogP contribution in [0.2, 0.25) is 0 Å². The van der Waals surface area contributed by atoms with Crippen LogP contribution in [0.15, 0.2) is 59.6 Å². The molecule has 0 aliphatic heterocycles. The lowest BCUT2D eigenvalue weighted by Gasteiger charge is -2.11. The molecule has 0 spiro atoms. The molecule has 0 unspecified atom stereocenters. The van der Waals surface area contributed by atoms with Crippen molar-refractivity contribution in [1.29, 1.82) is 0 Å². The van der Waals surface area contributed by atoms with Crippen LogP contribution in [0.4, 0.5) is 13.2 Å². The van der Waals surface area contributed by atoms with Crippen LogP contribution in [-0.4, -0.2) is 22.8 Å². The third-order valence-corrected chi connectivity index (χ3v) is 3.15. The van der Waals surface area contributed by atoms with Gasteiger partial charge in [0.2, 0.25) is 0 Å². The zero-order valence-corrected chi connectivity index (χ0v) is 12.0. The van der Waals surface area contributed by atoms with Crippen LogP contribution in [0.5, 0.6) is 5.75 Å². The largest absolute Gasteiger partial charge is 0.507 e. The average Bonchev–Trinajstić information content (AvgIpc) is 2.51. The van der Waals surface area contributed by atoms with E-state index in [1.54, 1.807) is 30.3 Å². The summed E-state index contributed by atoms with van der Waals surface area (Å²) in [5, 5.41) is 9.56. The number of phenols is 1. The van der Waals surface area contributed by atoms with E-state index < -0.39 is 24.1 Å². The smallest absolute Gasteiger partial charge is 0.429 e. The highest BCUT2D eigenvalue weighted by Crippen LogP contribution is 2.24. The zero-order valence-electron chi connectivity index (χ0n) is 12.0. The molecule has 6 heteroatoms. The summed E-state index contributed by atoms with van der Waals surface area (Å²) in [6.07, 6.45) is -5.61. The predicted molar refractivity (Wildman–Crippen MR) is 80.7 cm³/mol. The number of phenolic OH excluding ortho intramolecular Hbond substituents is 1. The molecule has 0 saturated carbocycles. The van der Waals surface area contributed by atoms with Crippen molar-refractivity contribution in [2.75, 3.05) is 0 Å². The Morgan fingerprint density at radius 2 is 1.61 bits per heavy atom. The maximum Gasteiger partial charge on any atom is 0.429 e. The second-order valence-electron chi connectivity index (χ2n) is 4.86. The second-order valence-corrected chi connectivity index (χ2v) is 4.86. The molecule has 0 aromatic heterocycles. The number of nitrogens with zero attached hydrogens (tertiary/aromatic N) is 1. The fraction of sp³-hybridized carbons (Fsp3) is 0.176. The molecule has 1 N–H and O–H groups in total. The summed E-state index contributed by atoms with van der Waals surface area (Å²) in [4.78, 5) is 15.5. The number of ketones is 1. The maximum atomic E-state index is 13.1. The number of alkyl halides is 3. The number of halogens is 3. The lowest BCUT2D eigenvalue weighted by atomic mass is 10.0. The molecule has 0 atom stereocenters. The zero-order chi connectivity index (χ0) is 16.9. The monoisotopic (exact) mass is 321 g/mol. The van der Waals surface area contributed by atoms with Gasteiger partial charge in [0, 0.05) is 0 Å². The summed E-state index contributed by atoms with van der Waals surface area (Å²) in [6.45, 7) is -0.163. The first-order valence-electron chi connectivity index (χ1n) is 6.83. The van der Waals surface area contributed by atoms with Gasteiger partial charge in [-0.2, -0.15) is 13.2 Å². The van der Waals surface area contributed by atoms with Crippen LogP contribution in [0.25, 0.3) is 0 Å². The minimum Gasteiger partial charge on any atom is -0.507 e. The summed E-state index contributed by atoms with van der Waals surface area (Å²) in [6, 6.07) is 14.0. The van der Waals surface area contributed by atoms with Gasteiger partial charge in [0.05, 0.1) is 18.5 Å². The topological polar surface area (TPSA) is 49.7 Å². The van der Waals surface area contributed by atoms with Crippen LogP contribution in [0.3, 0.4) is 0 Å². The van der Waals surface area contributed by atoms with Crippen molar-refractivity contribution in [1.82, 2.24) is 0 Å². The van der Waals surface area contributed by atoms with Gasteiger partial charge in [-0.15, -0.1) is 0 Å². The van der Waals surface area contributed by atoms with Crippen molar-refractivity contribution >= 4 is 11.5 Å². The first kappa shape index (κ1) is 16.7. The van der Waals surface area contributed by atoms with Crippen LogP contribution in [-0.2, 0) is 6.54 Å². The Balaban J connectivity index is 2.20. The second kappa shape index (κ2) is 7.09. The SMILES string of the molecule is O=C(CC(=NCc1ccccc1)C(F)(F)F)c1ccccc1O. The number of para-hydroxylation sites is 1. The lowest BCUT2D eigenvalue weighted by molar-refractivity contribution is -0.0604. The quantitative estimate of drug-likeness (QED) is 0.664. The van der Waals surface area contributed by atoms with E-state index in [-0.39, 0.29) is 17.9 Å². The van der Waals surface area contributed by atoms with E-state index in [1.165, 1.54) is 24.3 Å². The van der Waals surface area contributed by atoms with Crippen LogP contribution in [0, 0.1) is 0 Å². The van der Waals surface area contributed by atoms with Gasteiger partial charge in [-0.05, 0) is 17.7 Å². The Morgan fingerprint density at radius 1 is 1.00 bits per heavy atom. The van der Waals surface area contributed by atoms with Crippen LogP contribution >= 0.6 is 0 Å². The van der Waals surface area contributed by atoms with Gasteiger partial charge in [-0.25, -0.2) is 0 Å². The number of rotatable bonds is 5. The number of carbonyl (C=O) groups excluding carboxylic acids is 1. The number of aromatic hydroxyl groups is 1. The summed E-state index contributed by atoms with van der Waals surface area (Å²) in [7, 11) is 0. The van der Waals surface area contributed by atoms with Gasteiger partial charge >= 0.3 is 6.18 Å². The molecule has 0 aliphatic carbocycles. The van der Waals surface area contributed by atoms with E-state index in [1.807, 2.05) is 0 Å². The molecule has 0 radical (unpaired) electrons. The molecule has 0 amide bonds. The number of benzene rings is 2. The van der Waals surface area contributed by atoms with E-state index in [2.05, 4.69) is 4.99 Å². The highest BCUT2D eigenvalue weighted by atomic mass is 19.4. The number of hydrogen-bond acceptors (Lipinski definition) is 3. The highest BCUT2D eigenvalue weighted by Gasteiger charge is 2.37. The summed E-state index contributed by atoms with van der Waals surface area (Å²) >= 11 is 0. The Kier molecular flexibility index (Phi) is 5.16. The van der Waals surface area contributed by atoms with E-state index in [4.69, 9.17) is 0 Å². The van der Waals surface area contributed by atoms with Crippen LogP contribution < -0.4 is 0 Å². The molecule has 2 rings (SSSR count). The predicted octanol–water partition coefficient (Wildman–Crippen LogP) is 4.17. The fourth-order valence-electron chi connectivity index (χ4n) is 1.97. The standard InChI is InChI=1S/C17H14F3NO2/c18-17(19,20)16(21-11-12-6-2-1-3-7-12)10-15(23)13-8-4-5-9-14(13)22/h1-9,22H,10-11H2. The Morgan fingerprint density at radius 3 is 2.22 bits per heavy atom. The van der Waals surface area contributed by atoms with Gasteiger partial charge in [-0.3, -0.25) is 9.79 Å². The van der Waals surface area contributed by atoms with Crippen molar-refractivity contribution < 1.29 is 23.1 Å². The molecule has 0 fully saturated rings. The molecule has 0 bridgehead atoms. The van der Waals surface area contributed by atoms with Crippen LogP contribution in [0.1, 0.15) is 22.3 Å². The molecule has 23 heavy (non-hydrogen) atoms. The molecule has 120 valence electrons. The van der Waals surface area contributed by atoms with Gasteiger partial charge in [0.1, 0.15) is 11.5 Å². The average molecular weight is 321 g/mol. The molecular weight excluding hydrogens is 307 g/mol. The maximum absolute atomic E-state index is 13.1. The van der Waals surface area contributed by atoms with Gasteiger partial charge in [-0.1, -0.05) is 42.5 Å². The number of Topliss-reactive ketones (excluding diaryl/α,β-unsaturated/α-hetero) is 1. The third kappa shape index (κ3) is 4.67. The highest BCUT2D eigenvalue weighted by molar-refractivity contribution is 6.12. The summed E-state index contributed by atoms with van der Waals surface area (Å²) in [5.41, 5.74) is -0.692. The van der Waals surface area contributed by atoms with Crippen molar-refractivity contribution in [3.63, 3.8) is 0 Å². The van der Waals surface area contributed by atoms with Gasteiger partial charge in [0.15, 0.2) is 5.78 Å². The van der Waals surface area contributed by atoms with Crippen molar-refractivity contribution in [3.8, 4) is 5.75 Å². The van der Waals surface area contributed by atoms with Gasteiger partial charge in [0.25, 0.3) is 0 Å². The summed E-state index contributed by atoms with van der Waals surface area (Å²) < 4.78 is 39.2. The Labute approximate surface area is 131 Å². The van der Waals surface area contributed by atoms with Crippen molar-refractivity contribution in [2.24, 2.45) is 4.99 Å². The Bertz CT molecular complexity index is 709. The fourth-order valence-corrected chi connectivity index (χ4v) is 1.97. The summed E-state index contributed by atoms with van der Waals surface area (Å²) in [5.74, 6) is -1.17. The first-order chi connectivity index (χ1) is 10.9. The molecule has 3 nitrogen and oxygen atoms in total. The van der Waals surface area contributed by atoms with Crippen molar-refractivity contribution in [2.45, 2.75) is 19.1 Å². The molecule has 0 saturated heterocycles. The van der Waals surface area contributed by atoms with E-state index >= 15 is 0 Å². The Hall–Kier alpha value is -2.63. The van der Waals surface area contributed by atoms with E-state index in [0.717, 1.165) is 0 Å². The first-order valence-corrected chi connectivity index (χ1v) is 6.83. The van der Waals surface area contributed by atoms with E-state index in [9.17, 15) is 23.1 Å². The van der Waals surface area contributed by atoms with Gasteiger partial charge < -0.3 is 5.11 Å². The minimum atomic E-state index is -4.70. The number of aliphatic imine (C=N–C) groups is 1. The number of hydrogen-bond donors (Lipinski definition) is 1. The minimum absolute atomic E-state index is 0.149. The molecule has 2 aromatic carbocycles. The third-order valence-electron chi connectivity index (χ3n) is 3.15. The van der Waals surface area contributed by atoms with Crippen molar-refractivity contribution in [3.05, 3.63) is 65.7 Å². The molecule has 0 heterocycles.